The third-order valence-corrected chi connectivity index (χ3v) is 2.41. The smallest absolute Gasteiger partial charge is 0.331 e. The maximum atomic E-state index is 10.9. The molecular formula is C11H9NO3. The van der Waals surface area contributed by atoms with Gasteiger partial charge in [0.25, 0.3) is 0 Å². The fraction of sp³-hybridized carbons (Fsp3) is 0.0909. The monoisotopic (exact) mass is 203 g/mol. The number of carbonyl (C=O) groups excluding carboxylic acids is 1. The SMILES string of the molecule is NC(=O)c1ccc2c(c1)CC(C(=O)O)=C2. The summed E-state index contributed by atoms with van der Waals surface area (Å²) in [6.07, 6.45) is 1.97. The molecule has 0 saturated carbocycles. The van der Waals surface area contributed by atoms with Crippen molar-refractivity contribution in [2.45, 2.75) is 6.42 Å². The highest BCUT2D eigenvalue weighted by atomic mass is 16.4. The second-order valence-corrected chi connectivity index (χ2v) is 3.43. The third kappa shape index (κ3) is 1.61. The molecular weight excluding hydrogens is 194 g/mol. The summed E-state index contributed by atoms with van der Waals surface area (Å²) < 4.78 is 0. The van der Waals surface area contributed by atoms with Gasteiger partial charge in [-0.05, 0) is 29.3 Å². The molecule has 1 aliphatic carbocycles. The van der Waals surface area contributed by atoms with Crippen LogP contribution in [0.15, 0.2) is 23.8 Å². The zero-order chi connectivity index (χ0) is 11.0. The number of aliphatic carboxylic acids is 1. The van der Waals surface area contributed by atoms with E-state index in [0.29, 0.717) is 17.6 Å². The Morgan fingerprint density at radius 3 is 2.67 bits per heavy atom. The highest BCUT2D eigenvalue weighted by molar-refractivity contribution is 5.97. The van der Waals surface area contributed by atoms with E-state index in [-0.39, 0.29) is 0 Å². The average Bonchev–Trinajstić information content (AvgIpc) is 2.59. The van der Waals surface area contributed by atoms with Crippen LogP contribution in [-0.2, 0) is 11.2 Å². The van der Waals surface area contributed by atoms with Crippen molar-refractivity contribution in [2.24, 2.45) is 5.73 Å². The largest absolute Gasteiger partial charge is 0.478 e. The second kappa shape index (κ2) is 3.24. The van der Waals surface area contributed by atoms with E-state index in [4.69, 9.17) is 10.8 Å². The maximum absolute atomic E-state index is 10.9. The first-order chi connectivity index (χ1) is 7.08. The van der Waals surface area contributed by atoms with Crippen molar-refractivity contribution in [1.82, 2.24) is 0 Å². The number of carboxylic acid groups (broad SMARTS) is 1. The first-order valence-corrected chi connectivity index (χ1v) is 4.44. The topological polar surface area (TPSA) is 80.4 Å². The van der Waals surface area contributed by atoms with Crippen molar-refractivity contribution in [3.05, 3.63) is 40.5 Å². The van der Waals surface area contributed by atoms with E-state index in [1.54, 1.807) is 24.3 Å². The molecule has 3 N–H and O–H groups in total. The van der Waals surface area contributed by atoms with E-state index >= 15 is 0 Å². The van der Waals surface area contributed by atoms with Crippen LogP contribution in [0.25, 0.3) is 6.08 Å². The lowest BCUT2D eigenvalue weighted by Crippen LogP contribution is -2.11. The molecule has 1 aliphatic rings. The zero-order valence-electron chi connectivity index (χ0n) is 7.86. The Kier molecular flexibility index (Phi) is 2.04. The first-order valence-electron chi connectivity index (χ1n) is 4.44. The lowest BCUT2D eigenvalue weighted by molar-refractivity contribution is -0.132. The number of hydrogen-bond acceptors (Lipinski definition) is 2. The van der Waals surface area contributed by atoms with Crippen LogP contribution in [0.1, 0.15) is 21.5 Å². The quantitative estimate of drug-likeness (QED) is 0.746. The molecule has 1 aromatic rings. The number of fused-ring (bicyclic) bond motifs is 1. The average molecular weight is 203 g/mol. The van der Waals surface area contributed by atoms with Gasteiger partial charge in [0, 0.05) is 17.6 Å². The van der Waals surface area contributed by atoms with E-state index < -0.39 is 11.9 Å². The summed E-state index contributed by atoms with van der Waals surface area (Å²) in [7, 11) is 0. The minimum absolute atomic E-state index is 0.339. The number of hydrogen-bond donors (Lipinski definition) is 2. The Morgan fingerprint density at radius 1 is 1.33 bits per heavy atom. The number of carboxylic acids is 1. The molecule has 1 amide bonds. The van der Waals surface area contributed by atoms with Gasteiger partial charge in [0.15, 0.2) is 0 Å². The molecule has 1 aromatic carbocycles. The van der Waals surface area contributed by atoms with Crippen LogP contribution < -0.4 is 5.73 Å². The summed E-state index contributed by atoms with van der Waals surface area (Å²) in [5.41, 5.74) is 7.56. The minimum Gasteiger partial charge on any atom is -0.478 e. The van der Waals surface area contributed by atoms with Crippen molar-refractivity contribution >= 4 is 18.0 Å². The van der Waals surface area contributed by atoms with Gasteiger partial charge in [-0.25, -0.2) is 4.79 Å². The molecule has 0 atom stereocenters. The van der Waals surface area contributed by atoms with Crippen LogP contribution >= 0.6 is 0 Å². The fourth-order valence-electron chi connectivity index (χ4n) is 1.63. The third-order valence-electron chi connectivity index (χ3n) is 2.41. The van der Waals surface area contributed by atoms with Crippen molar-refractivity contribution in [3.63, 3.8) is 0 Å². The van der Waals surface area contributed by atoms with E-state index in [2.05, 4.69) is 0 Å². The molecule has 0 heterocycles. The number of primary amides is 1. The molecule has 76 valence electrons. The van der Waals surface area contributed by atoms with Crippen molar-refractivity contribution in [3.8, 4) is 0 Å². The summed E-state index contributed by atoms with van der Waals surface area (Å²) in [5.74, 6) is -1.42. The molecule has 4 nitrogen and oxygen atoms in total. The van der Waals surface area contributed by atoms with Crippen molar-refractivity contribution in [2.75, 3.05) is 0 Å². The molecule has 0 aromatic heterocycles. The van der Waals surface area contributed by atoms with Crippen LogP contribution in [0, 0.1) is 0 Å². The molecule has 0 radical (unpaired) electrons. The van der Waals surface area contributed by atoms with E-state index in [9.17, 15) is 9.59 Å². The Balaban J connectivity index is 2.38. The van der Waals surface area contributed by atoms with Gasteiger partial charge in [-0.3, -0.25) is 4.79 Å². The molecule has 0 bridgehead atoms. The number of amides is 1. The predicted molar refractivity (Wildman–Crippen MR) is 54.3 cm³/mol. The molecule has 4 heteroatoms. The van der Waals surface area contributed by atoms with Gasteiger partial charge < -0.3 is 10.8 Å². The number of carbonyl (C=O) groups is 2. The first kappa shape index (κ1) is 9.45. The summed E-state index contributed by atoms with van der Waals surface area (Å²) in [4.78, 5) is 21.6. The minimum atomic E-state index is -0.924. The highest BCUT2D eigenvalue weighted by Crippen LogP contribution is 2.25. The molecule has 0 unspecified atom stereocenters. The second-order valence-electron chi connectivity index (χ2n) is 3.43. The van der Waals surface area contributed by atoms with Gasteiger partial charge >= 0.3 is 5.97 Å². The van der Waals surface area contributed by atoms with Gasteiger partial charge in [-0.2, -0.15) is 0 Å². The van der Waals surface area contributed by atoms with Gasteiger partial charge in [-0.1, -0.05) is 6.07 Å². The van der Waals surface area contributed by atoms with Crippen LogP contribution in [-0.4, -0.2) is 17.0 Å². The van der Waals surface area contributed by atoms with Gasteiger partial charge in [0.2, 0.25) is 5.91 Å². The molecule has 15 heavy (non-hydrogen) atoms. The molecule has 0 spiro atoms. The summed E-state index contributed by atoms with van der Waals surface area (Å²) >= 11 is 0. The van der Waals surface area contributed by atoms with Crippen molar-refractivity contribution < 1.29 is 14.7 Å². The standard InChI is InChI=1S/C11H9NO3/c12-10(13)7-2-1-6-3-9(11(14)15)5-8(6)4-7/h1-4H,5H2,(H2,12,13)(H,14,15). The fourth-order valence-corrected chi connectivity index (χ4v) is 1.63. The molecule has 2 rings (SSSR count). The Bertz CT molecular complexity index is 489. The van der Waals surface area contributed by atoms with Gasteiger partial charge in [-0.15, -0.1) is 0 Å². The lowest BCUT2D eigenvalue weighted by atomic mass is 10.1. The van der Waals surface area contributed by atoms with Crippen LogP contribution in [0.4, 0.5) is 0 Å². The molecule has 0 saturated heterocycles. The number of rotatable bonds is 2. The number of benzene rings is 1. The van der Waals surface area contributed by atoms with Gasteiger partial charge in [0.1, 0.15) is 0 Å². The zero-order valence-corrected chi connectivity index (χ0v) is 7.86. The lowest BCUT2D eigenvalue weighted by Gasteiger charge is -2.00. The van der Waals surface area contributed by atoms with Crippen LogP contribution in [0.5, 0.6) is 0 Å². The Morgan fingerprint density at radius 2 is 2.07 bits per heavy atom. The normalized spacial score (nSPS) is 13.2. The number of nitrogens with two attached hydrogens (primary N) is 1. The molecule has 0 fully saturated rings. The molecule has 0 aliphatic heterocycles. The Labute approximate surface area is 86.0 Å². The maximum Gasteiger partial charge on any atom is 0.331 e. The summed E-state index contributed by atoms with van der Waals surface area (Å²) in [6.45, 7) is 0. The van der Waals surface area contributed by atoms with E-state index in [0.717, 1.165) is 11.1 Å². The predicted octanol–water partition coefficient (Wildman–Crippen LogP) is 0.810. The van der Waals surface area contributed by atoms with Gasteiger partial charge in [0.05, 0.1) is 0 Å². The summed E-state index contributed by atoms with van der Waals surface area (Å²) in [6, 6.07) is 4.96. The highest BCUT2D eigenvalue weighted by Gasteiger charge is 2.18. The van der Waals surface area contributed by atoms with E-state index in [1.807, 2.05) is 0 Å². The Hall–Kier alpha value is -2.10. The van der Waals surface area contributed by atoms with Crippen molar-refractivity contribution in [1.29, 1.82) is 0 Å². The van der Waals surface area contributed by atoms with E-state index in [1.165, 1.54) is 0 Å². The van der Waals surface area contributed by atoms with Crippen LogP contribution in [0.3, 0.4) is 0 Å². The van der Waals surface area contributed by atoms with Crippen LogP contribution in [0.2, 0.25) is 0 Å². The summed E-state index contributed by atoms with van der Waals surface area (Å²) in [5, 5.41) is 8.80.